The summed E-state index contributed by atoms with van der Waals surface area (Å²) in [5.41, 5.74) is 1.09. The van der Waals surface area contributed by atoms with E-state index in [4.69, 9.17) is 10.1 Å². The number of aromatic nitrogens is 3. The fourth-order valence-electron chi connectivity index (χ4n) is 4.45. The first-order chi connectivity index (χ1) is 16.6. The second kappa shape index (κ2) is 8.83. The van der Waals surface area contributed by atoms with Gasteiger partial charge in [-0.3, -0.25) is 9.77 Å². The average molecular weight is 498 g/mol. The second-order valence-electron chi connectivity index (χ2n) is 9.08. The van der Waals surface area contributed by atoms with E-state index in [0.29, 0.717) is 39.7 Å². The molecule has 0 radical (unpaired) electrons. The number of hydrogen-bond donors (Lipinski definition) is 4. The van der Waals surface area contributed by atoms with Gasteiger partial charge in [0, 0.05) is 35.7 Å². The number of rotatable bonds is 5. The average Bonchev–Trinajstić information content (AvgIpc) is 2.83. The number of anilines is 2. The van der Waals surface area contributed by atoms with Crippen LogP contribution >= 0.6 is 0 Å². The zero-order chi connectivity index (χ0) is 25.4. The van der Waals surface area contributed by atoms with Gasteiger partial charge in [0.2, 0.25) is 5.88 Å². The van der Waals surface area contributed by atoms with Gasteiger partial charge in [-0.2, -0.15) is 9.82 Å². The van der Waals surface area contributed by atoms with Crippen molar-refractivity contribution in [2.75, 3.05) is 25.2 Å². The molecule has 1 aromatic carbocycles. The first kappa shape index (κ1) is 24.4. The molecule has 11 heteroatoms. The van der Waals surface area contributed by atoms with Crippen LogP contribution in [0.1, 0.15) is 26.3 Å². The predicted octanol–water partition coefficient (Wildman–Crippen LogP) is 3.54. The lowest BCUT2D eigenvalue weighted by atomic mass is 9.91. The summed E-state index contributed by atoms with van der Waals surface area (Å²) >= 11 is 0. The SMILES string of the molecule is CN=[SH]1(C=C=O)C[C@@](C)(c2cc(Nc3nccc4nc(OC)cnc34)ccc2F)NC(=N)C1(C)C. The number of pyridine rings is 1. The van der Waals surface area contributed by atoms with Crippen molar-refractivity contribution in [1.29, 1.82) is 5.41 Å². The summed E-state index contributed by atoms with van der Waals surface area (Å²) < 4.78 is 24.3. The van der Waals surface area contributed by atoms with Crippen LogP contribution in [-0.2, 0) is 20.2 Å². The smallest absolute Gasteiger partial charge is 0.232 e. The number of hydrogen-bond acceptors (Lipinski definition) is 8. The van der Waals surface area contributed by atoms with E-state index in [0.717, 1.165) is 0 Å². The summed E-state index contributed by atoms with van der Waals surface area (Å²) in [5, 5.41) is 16.6. The molecule has 1 aliphatic rings. The predicted molar refractivity (Wildman–Crippen MR) is 138 cm³/mol. The molecule has 9 nitrogen and oxygen atoms in total. The Kier molecular flexibility index (Phi) is 6.16. The zero-order valence-corrected chi connectivity index (χ0v) is 21.1. The van der Waals surface area contributed by atoms with Crippen molar-refractivity contribution < 1.29 is 13.9 Å². The first-order valence-electron chi connectivity index (χ1n) is 10.9. The van der Waals surface area contributed by atoms with E-state index < -0.39 is 25.9 Å². The van der Waals surface area contributed by atoms with Crippen LogP contribution in [0.4, 0.5) is 15.9 Å². The number of carbonyl (C=O) groups excluding carboxylic acids is 1. The van der Waals surface area contributed by atoms with E-state index in [1.165, 1.54) is 24.8 Å². The number of nitrogens with one attached hydrogen (secondary N) is 3. The van der Waals surface area contributed by atoms with Crippen molar-refractivity contribution >= 4 is 44.1 Å². The van der Waals surface area contributed by atoms with Gasteiger partial charge in [0.25, 0.3) is 0 Å². The third-order valence-corrected chi connectivity index (χ3v) is 11.2. The number of fused-ring (bicyclic) bond motifs is 1. The first-order valence-corrected chi connectivity index (χ1v) is 12.9. The molecule has 1 atom stereocenters. The molecule has 3 heterocycles. The zero-order valence-electron chi connectivity index (χ0n) is 20.2. The quantitative estimate of drug-likeness (QED) is 0.314. The maximum absolute atomic E-state index is 15.2. The fraction of sp³-hybridized carbons (Fsp3) is 0.333. The van der Waals surface area contributed by atoms with Gasteiger partial charge in [-0.05, 0) is 45.0 Å². The normalized spacial score (nSPS) is 21.4. The van der Waals surface area contributed by atoms with Crippen molar-refractivity contribution in [3.8, 4) is 5.88 Å². The van der Waals surface area contributed by atoms with Crippen molar-refractivity contribution in [3.63, 3.8) is 0 Å². The van der Waals surface area contributed by atoms with Gasteiger partial charge >= 0.3 is 0 Å². The molecule has 1 fully saturated rings. The minimum atomic E-state index is -2.50. The second-order valence-corrected chi connectivity index (χ2v) is 12.8. The molecule has 0 aliphatic carbocycles. The molecule has 3 N–H and O–H groups in total. The van der Waals surface area contributed by atoms with Gasteiger partial charge in [-0.1, -0.05) is 0 Å². The van der Waals surface area contributed by atoms with E-state index in [2.05, 4.69) is 29.9 Å². The van der Waals surface area contributed by atoms with E-state index in [1.54, 1.807) is 31.4 Å². The summed E-state index contributed by atoms with van der Waals surface area (Å²) in [6.07, 6.45) is 3.10. The Labute approximate surface area is 203 Å². The lowest BCUT2D eigenvalue weighted by Gasteiger charge is -2.53. The molecule has 0 saturated carbocycles. The van der Waals surface area contributed by atoms with Gasteiger partial charge in [-0.25, -0.2) is 24.1 Å². The van der Waals surface area contributed by atoms with Crippen molar-refractivity contribution in [2.45, 2.75) is 31.1 Å². The van der Waals surface area contributed by atoms with Gasteiger partial charge in [0.15, 0.2) is 5.82 Å². The number of thiol groups is 1. The Morgan fingerprint density at radius 1 is 1.31 bits per heavy atom. The highest BCUT2D eigenvalue weighted by Gasteiger charge is 2.48. The minimum absolute atomic E-state index is 0.203. The number of amidine groups is 1. The molecule has 1 saturated heterocycles. The Balaban J connectivity index is 1.77. The van der Waals surface area contributed by atoms with E-state index in [1.807, 2.05) is 26.7 Å². The lowest BCUT2D eigenvalue weighted by Crippen LogP contribution is -2.65. The number of ether oxygens (including phenoxy) is 1. The third-order valence-electron chi connectivity index (χ3n) is 6.63. The highest BCUT2D eigenvalue weighted by atomic mass is 32.2. The highest BCUT2D eigenvalue weighted by Crippen LogP contribution is 2.42. The molecule has 0 spiro atoms. The monoisotopic (exact) mass is 497 g/mol. The summed E-state index contributed by atoms with van der Waals surface area (Å²) in [6.45, 7) is 5.59. The maximum Gasteiger partial charge on any atom is 0.232 e. The minimum Gasteiger partial charge on any atom is -0.480 e. The van der Waals surface area contributed by atoms with Crippen molar-refractivity contribution in [2.24, 2.45) is 4.36 Å². The summed E-state index contributed by atoms with van der Waals surface area (Å²) in [6, 6.07) is 6.38. The van der Waals surface area contributed by atoms with Crippen LogP contribution in [-0.4, -0.2) is 51.4 Å². The van der Waals surface area contributed by atoms with Crippen LogP contribution < -0.4 is 15.4 Å². The van der Waals surface area contributed by atoms with Crippen LogP contribution in [0, 0.1) is 11.2 Å². The topological polar surface area (TPSA) is 125 Å². The third kappa shape index (κ3) is 4.06. The van der Waals surface area contributed by atoms with Gasteiger partial charge in [0.05, 0.1) is 29.1 Å². The molecular weight excluding hydrogens is 469 g/mol. The molecule has 0 bridgehead atoms. The molecular formula is C24H28FN7O2S. The standard InChI is InChI=1S/C24H28FN7O2S/c1-23(2)22(26)32-24(3,14-35(23,27-4)11-10-33)16-12-15(6-7-17(16)25)30-21-20-18(8-9-28-21)31-19(34-5)13-29-20/h6-9,11-13,35H,14H2,1-5H3,(H2,26,32)(H,28,30)/t24-/m0/s1. The van der Waals surface area contributed by atoms with E-state index in [-0.39, 0.29) is 5.84 Å². The molecule has 0 unspecified atom stereocenters. The van der Waals surface area contributed by atoms with Crippen LogP contribution in [0.25, 0.3) is 11.0 Å². The molecule has 2 aromatic heterocycles. The number of nitrogens with zero attached hydrogens (tertiary/aromatic N) is 4. The Bertz CT molecular complexity index is 1430. The van der Waals surface area contributed by atoms with Gasteiger partial charge in [0.1, 0.15) is 23.1 Å². The molecule has 0 amide bonds. The van der Waals surface area contributed by atoms with E-state index in [9.17, 15) is 4.79 Å². The number of methoxy groups -OCH3 is 1. The largest absolute Gasteiger partial charge is 0.480 e. The van der Waals surface area contributed by atoms with Crippen molar-refractivity contribution in [3.05, 3.63) is 53.4 Å². The molecule has 4 rings (SSSR count). The summed E-state index contributed by atoms with van der Waals surface area (Å²) in [4.78, 5) is 24.6. The van der Waals surface area contributed by atoms with Crippen LogP contribution in [0.3, 0.4) is 0 Å². The lowest BCUT2D eigenvalue weighted by molar-refractivity contribution is 0.397. The molecule has 35 heavy (non-hydrogen) atoms. The Morgan fingerprint density at radius 2 is 2.09 bits per heavy atom. The molecule has 184 valence electrons. The Hall–Kier alpha value is -3.69. The van der Waals surface area contributed by atoms with Crippen LogP contribution in [0.2, 0.25) is 0 Å². The van der Waals surface area contributed by atoms with Gasteiger partial charge < -0.3 is 15.4 Å². The summed E-state index contributed by atoms with van der Waals surface area (Å²) in [7, 11) is 0.671. The number of halogens is 1. The maximum atomic E-state index is 15.2. The summed E-state index contributed by atoms with van der Waals surface area (Å²) in [5.74, 6) is 2.87. The Morgan fingerprint density at radius 3 is 2.77 bits per heavy atom. The van der Waals surface area contributed by atoms with Crippen LogP contribution in [0.15, 0.2) is 46.4 Å². The highest BCUT2D eigenvalue weighted by molar-refractivity contribution is 8.09. The molecule has 1 aliphatic heterocycles. The van der Waals surface area contributed by atoms with Gasteiger partial charge in [-0.15, -0.1) is 0 Å². The fourth-order valence-corrected chi connectivity index (χ4v) is 7.85. The van der Waals surface area contributed by atoms with Crippen molar-refractivity contribution in [1.82, 2.24) is 20.3 Å². The van der Waals surface area contributed by atoms with Crippen LogP contribution in [0.5, 0.6) is 5.88 Å². The number of benzene rings is 1. The molecule has 3 aromatic rings. The van der Waals surface area contributed by atoms with E-state index >= 15 is 4.39 Å².